The van der Waals surface area contributed by atoms with Crippen molar-refractivity contribution in [3.63, 3.8) is 0 Å². The van der Waals surface area contributed by atoms with E-state index in [1.165, 1.54) is 0 Å². The van der Waals surface area contributed by atoms with Crippen molar-refractivity contribution in [2.45, 2.75) is 6.54 Å². The molecule has 0 unspecified atom stereocenters. The average Bonchev–Trinajstić information content (AvgIpc) is 3.57. The number of nitrogens with one attached hydrogen (secondary N) is 1. The molecule has 2 heterocycles. The van der Waals surface area contributed by atoms with Crippen LogP contribution in [0, 0.1) is 0 Å². The summed E-state index contributed by atoms with van der Waals surface area (Å²) in [5.74, 6) is 0.901. The molecule has 0 spiro atoms. The van der Waals surface area contributed by atoms with Crippen LogP contribution >= 0.6 is 11.6 Å². The molecule has 0 aliphatic rings. The maximum atomic E-state index is 12.8. The van der Waals surface area contributed by atoms with Gasteiger partial charge in [0.2, 0.25) is 0 Å². The molecule has 3 aromatic carbocycles. The summed E-state index contributed by atoms with van der Waals surface area (Å²) in [4.78, 5) is 12.8. The second-order valence-electron chi connectivity index (χ2n) is 7.78. The molecule has 35 heavy (non-hydrogen) atoms. The Kier molecular flexibility index (Phi) is 6.32. The number of carbonyl (C=O) groups excluding carboxylic acids is 1. The van der Waals surface area contributed by atoms with E-state index in [9.17, 15) is 4.79 Å². The molecule has 8 heteroatoms. The lowest BCUT2D eigenvalue weighted by molar-refractivity contribution is 0.0942. The predicted octanol–water partition coefficient (Wildman–Crippen LogP) is 5.79. The van der Waals surface area contributed by atoms with E-state index in [4.69, 9.17) is 26.0 Å². The first kappa shape index (κ1) is 22.4. The molecule has 0 saturated carbocycles. The molecular weight excluding hydrogens is 464 g/mol. The fourth-order valence-electron chi connectivity index (χ4n) is 3.64. The van der Waals surface area contributed by atoms with Gasteiger partial charge in [0, 0.05) is 40.5 Å². The maximum absolute atomic E-state index is 12.8. The monoisotopic (exact) mass is 484 g/mol. The van der Waals surface area contributed by atoms with E-state index in [1.54, 1.807) is 30.0 Å². The molecule has 174 valence electrons. The summed E-state index contributed by atoms with van der Waals surface area (Å²) in [6.45, 7) is 0.260. The van der Waals surface area contributed by atoms with Gasteiger partial charge in [-0.3, -0.25) is 4.79 Å². The maximum Gasteiger partial charge on any atom is 0.273 e. The molecular formula is C27H21ClN4O3. The van der Waals surface area contributed by atoms with E-state index >= 15 is 0 Å². The summed E-state index contributed by atoms with van der Waals surface area (Å²) in [5.41, 5.74) is 4.43. The number of hydrogen-bond acceptors (Lipinski definition) is 5. The number of benzene rings is 3. The molecule has 0 aliphatic carbocycles. The molecule has 2 aromatic heterocycles. The average molecular weight is 485 g/mol. The van der Waals surface area contributed by atoms with Gasteiger partial charge in [0.1, 0.15) is 5.75 Å². The number of methoxy groups -OCH3 is 1. The number of nitrogens with zero attached hydrogens (tertiary/aromatic N) is 3. The third-order valence-corrected chi connectivity index (χ3v) is 5.74. The molecule has 1 amide bonds. The molecule has 1 N–H and O–H groups in total. The van der Waals surface area contributed by atoms with Crippen molar-refractivity contribution in [3.05, 3.63) is 107 Å². The molecule has 0 atom stereocenters. The third kappa shape index (κ3) is 4.95. The number of rotatable bonds is 7. The summed E-state index contributed by atoms with van der Waals surface area (Å²) in [7, 11) is 1.63. The second-order valence-corrected chi connectivity index (χ2v) is 8.21. The van der Waals surface area contributed by atoms with Crippen LogP contribution in [0.1, 0.15) is 16.1 Å². The van der Waals surface area contributed by atoms with Crippen molar-refractivity contribution < 1.29 is 14.1 Å². The first-order chi connectivity index (χ1) is 17.1. The van der Waals surface area contributed by atoms with E-state index in [0.717, 1.165) is 33.8 Å². The summed E-state index contributed by atoms with van der Waals surface area (Å²) < 4.78 is 12.4. The number of hydrogen-bond donors (Lipinski definition) is 1. The van der Waals surface area contributed by atoms with Gasteiger partial charge in [-0.2, -0.15) is 5.10 Å². The zero-order valence-electron chi connectivity index (χ0n) is 18.8. The van der Waals surface area contributed by atoms with Gasteiger partial charge in [-0.25, -0.2) is 4.68 Å². The van der Waals surface area contributed by atoms with Crippen LogP contribution < -0.4 is 10.1 Å². The number of ether oxygens (including phenoxy) is 1. The van der Waals surface area contributed by atoms with Crippen molar-refractivity contribution in [2.75, 3.05) is 7.11 Å². The molecule has 0 aliphatic heterocycles. The van der Waals surface area contributed by atoms with Crippen LogP contribution in [0.2, 0.25) is 5.02 Å². The molecule has 0 saturated heterocycles. The van der Waals surface area contributed by atoms with Crippen molar-refractivity contribution in [3.8, 4) is 34.0 Å². The van der Waals surface area contributed by atoms with E-state index in [1.807, 2.05) is 72.9 Å². The van der Waals surface area contributed by atoms with E-state index in [-0.39, 0.29) is 18.1 Å². The SMILES string of the molecule is COc1ccc(-c2nn(-c3ccccc3)cc2CNC(=O)c2cc(-c3ccc(Cl)cc3)on2)cc1. The Morgan fingerprint density at radius 1 is 1.00 bits per heavy atom. The van der Waals surface area contributed by atoms with Crippen LogP contribution in [-0.2, 0) is 6.54 Å². The Bertz CT molecular complexity index is 1440. The first-order valence-electron chi connectivity index (χ1n) is 10.9. The zero-order valence-corrected chi connectivity index (χ0v) is 19.6. The van der Waals surface area contributed by atoms with Gasteiger partial charge in [-0.05, 0) is 60.7 Å². The van der Waals surface area contributed by atoms with Crippen LogP contribution in [0.15, 0.2) is 95.6 Å². The van der Waals surface area contributed by atoms with Crippen molar-refractivity contribution in [1.29, 1.82) is 0 Å². The second kappa shape index (κ2) is 9.87. The Balaban J connectivity index is 1.38. The van der Waals surface area contributed by atoms with E-state index < -0.39 is 0 Å². The van der Waals surface area contributed by atoms with Crippen molar-refractivity contribution in [1.82, 2.24) is 20.3 Å². The highest BCUT2D eigenvalue weighted by molar-refractivity contribution is 6.30. The normalized spacial score (nSPS) is 10.8. The third-order valence-electron chi connectivity index (χ3n) is 5.49. The fourth-order valence-corrected chi connectivity index (χ4v) is 3.77. The minimum Gasteiger partial charge on any atom is -0.497 e. The van der Waals surface area contributed by atoms with Crippen molar-refractivity contribution in [2.24, 2.45) is 0 Å². The highest BCUT2D eigenvalue weighted by Crippen LogP contribution is 2.26. The quantitative estimate of drug-likeness (QED) is 0.316. The summed E-state index contributed by atoms with van der Waals surface area (Å²) in [6, 6.07) is 26.2. The lowest BCUT2D eigenvalue weighted by Gasteiger charge is -2.05. The molecule has 5 rings (SSSR count). The highest BCUT2D eigenvalue weighted by atomic mass is 35.5. The molecule has 5 aromatic rings. The minimum absolute atomic E-state index is 0.191. The lowest BCUT2D eigenvalue weighted by Crippen LogP contribution is -2.23. The number of aromatic nitrogens is 3. The predicted molar refractivity (Wildman–Crippen MR) is 134 cm³/mol. The summed E-state index contributed by atoms with van der Waals surface area (Å²) >= 11 is 5.94. The molecule has 0 bridgehead atoms. The van der Waals surface area contributed by atoms with Crippen LogP contribution in [-0.4, -0.2) is 28.0 Å². The molecule has 0 fully saturated rings. The van der Waals surface area contributed by atoms with Gasteiger partial charge < -0.3 is 14.6 Å². The zero-order chi connectivity index (χ0) is 24.2. The van der Waals surface area contributed by atoms with Crippen molar-refractivity contribution >= 4 is 17.5 Å². The standard InChI is InChI=1S/C27H21ClN4O3/c1-34-23-13-9-19(10-14-23)26-20(17-32(30-26)22-5-3-2-4-6-22)16-29-27(33)24-15-25(35-31-24)18-7-11-21(28)12-8-18/h2-15,17H,16H2,1H3,(H,29,33). The molecule has 0 radical (unpaired) electrons. The number of carbonyl (C=O) groups is 1. The minimum atomic E-state index is -0.345. The van der Waals surface area contributed by atoms with Gasteiger partial charge in [0.25, 0.3) is 5.91 Å². The Morgan fingerprint density at radius 2 is 1.71 bits per heavy atom. The van der Waals surface area contributed by atoms with Gasteiger partial charge in [0.05, 0.1) is 18.5 Å². The number of halogens is 1. The van der Waals surface area contributed by atoms with E-state index in [0.29, 0.717) is 10.8 Å². The van der Waals surface area contributed by atoms with Gasteiger partial charge in [-0.15, -0.1) is 0 Å². The van der Waals surface area contributed by atoms with Crippen LogP contribution in [0.5, 0.6) is 5.75 Å². The fraction of sp³-hybridized carbons (Fsp3) is 0.0741. The highest BCUT2D eigenvalue weighted by Gasteiger charge is 2.17. The summed E-state index contributed by atoms with van der Waals surface area (Å²) in [6.07, 6.45) is 1.91. The van der Waals surface area contributed by atoms with Crippen LogP contribution in [0.4, 0.5) is 0 Å². The van der Waals surface area contributed by atoms with Gasteiger partial charge in [0.15, 0.2) is 11.5 Å². The van der Waals surface area contributed by atoms with E-state index in [2.05, 4.69) is 10.5 Å². The smallest absolute Gasteiger partial charge is 0.273 e. The van der Waals surface area contributed by atoms with Crippen LogP contribution in [0.25, 0.3) is 28.3 Å². The Hall–Kier alpha value is -4.36. The Morgan fingerprint density at radius 3 is 2.43 bits per heavy atom. The van der Waals surface area contributed by atoms with Crippen LogP contribution in [0.3, 0.4) is 0 Å². The molecule has 7 nitrogen and oxygen atoms in total. The number of amides is 1. The van der Waals surface area contributed by atoms with Gasteiger partial charge >= 0.3 is 0 Å². The lowest BCUT2D eigenvalue weighted by atomic mass is 10.1. The topological polar surface area (TPSA) is 82.2 Å². The number of para-hydroxylation sites is 1. The van der Waals surface area contributed by atoms with Gasteiger partial charge in [-0.1, -0.05) is 35.0 Å². The first-order valence-corrected chi connectivity index (χ1v) is 11.3. The summed E-state index contributed by atoms with van der Waals surface area (Å²) in [5, 5.41) is 12.3. The Labute approximate surface area is 206 Å². The largest absolute Gasteiger partial charge is 0.497 e.